The van der Waals surface area contributed by atoms with Gasteiger partial charge in [0.15, 0.2) is 0 Å². The van der Waals surface area contributed by atoms with Crippen LogP contribution in [-0.2, 0) is 0 Å². The molecule has 3 heteroatoms. The average Bonchev–Trinajstić information content (AvgIpc) is 2.58. The minimum absolute atomic E-state index is 0.885. The molecule has 0 aliphatic heterocycles. The van der Waals surface area contributed by atoms with Crippen molar-refractivity contribution >= 4 is 5.69 Å². The predicted octanol–water partition coefficient (Wildman–Crippen LogP) is 3.70. The third kappa shape index (κ3) is 9.01. The number of nitrogens with zero attached hydrogens (tertiary/aromatic N) is 1. The van der Waals surface area contributed by atoms with Gasteiger partial charge in [-0.15, -0.1) is 0 Å². The van der Waals surface area contributed by atoms with E-state index in [0.717, 1.165) is 39.3 Å². The lowest BCUT2D eigenvalue weighted by atomic mass is 10.2. The third-order valence-corrected chi connectivity index (χ3v) is 3.62. The van der Waals surface area contributed by atoms with Gasteiger partial charge in [0.05, 0.1) is 0 Å². The molecule has 1 aromatic rings. The highest BCUT2D eigenvalue weighted by atomic mass is 15.1. The van der Waals surface area contributed by atoms with E-state index in [2.05, 4.69) is 65.5 Å². The molecule has 0 spiro atoms. The summed E-state index contributed by atoms with van der Waals surface area (Å²) in [5.74, 6) is 0. The Morgan fingerprint density at radius 1 is 1.17 bits per heavy atom. The average molecular weight is 313 g/mol. The van der Waals surface area contributed by atoms with Gasteiger partial charge in [0.2, 0.25) is 0 Å². The van der Waals surface area contributed by atoms with Crippen LogP contribution in [0.1, 0.15) is 13.8 Å². The van der Waals surface area contributed by atoms with Crippen molar-refractivity contribution in [3.8, 4) is 0 Å². The maximum atomic E-state index is 3.76. The number of anilines is 1. The molecule has 3 nitrogen and oxygen atoms in total. The molecule has 0 aliphatic rings. The second-order valence-electron chi connectivity index (χ2n) is 5.38. The zero-order chi connectivity index (χ0) is 16.8. The quantitative estimate of drug-likeness (QED) is 0.455. The molecule has 2 N–H and O–H groups in total. The van der Waals surface area contributed by atoms with E-state index >= 15 is 0 Å². The van der Waals surface area contributed by atoms with Crippen LogP contribution < -0.4 is 10.6 Å². The number of rotatable bonds is 12. The number of hydrogen-bond acceptors (Lipinski definition) is 3. The zero-order valence-electron chi connectivity index (χ0n) is 14.6. The highest BCUT2D eigenvalue weighted by Gasteiger charge is 2.01. The van der Waals surface area contributed by atoms with Crippen LogP contribution >= 0.6 is 0 Å². The van der Waals surface area contributed by atoms with E-state index in [-0.39, 0.29) is 0 Å². The molecule has 23 heavy (non-hydrogen) atoms. The van der Waals surface area contributed by atoms with Gasteiger partial charge in [0.1, 0.15) is 0 Å². The van der Waals surface area contributed by atoms with Crippen LogP contribution in [0.25, 0.3) is 0 Å². The first kappa shape index (κ1) is 19.2. The first-order valence-corrected chi connectivity index (χ1v) is 8.46. The number of nitrogens with one attached hydrogen (secondary N) is 2. The van der Waals surface area contributed by atoms with E-state index in [9.17, 15) is 0 Å². The number of hydrogen-bond donors (Lipinski definition) is 2. The van der Waals surface area contributed by atoms with E-state index in [1.165, 1.54) is 11.3 Å². The summed E-state index contributed by atoms with van der Waals surface area (Å²) in [4.78, 5) is 2.45. The van der Waals surface area contributed by atoms with Crippen molar-refractivity contribution in [3.63, 3.8) is 0 Å². The van der Waals surface area contributed by atoms with Gasteiger partial charge in [0.25, 0.3) is 0 Å². The fraction of sp³-hybridized carbons (Fsp3) is 0.400. The van der Waals surface area contributed by atoms with Gasteiger partial charge >= 0.3 is 0 Å². The van der Waals surface area contributed by atoms with Gasteiger partial charge < -0.3 is 15.5 Å². The lowest BCUT2D eigenvalue weighted by molar-refractivity contribution is 0.299. The summed E-state index contributed by atoms with van der Waals surface area (Å²) < 4.78 is 0. The van der Waals surface area contributed by atoms with Crippen LogP contribution in [-0.4, -0.2) is 44.2 Å². The van der Waals surface area contributed by atoms with E-state index in [1.54, 1.807) is 0 Å². The van der Waals surface area contributed by atoms with Crippen molar-refractivity contribution in [2.45, 2.75) is 13.8 Å². The molecule has 1 rings (SSSR count). The highest BCUT2D eigenvalue weighted by molar-refractivity contribution is 5.42. The summed E-state index contributed by atoms with van der Waals surface area (Å²) in [5.41, 5.74) is 2.45. The molecule has 0 heterocycles. The maximum Gasteiger partial charge on any atom is 0.0340 e. The Balaban J connectivity index is 2.20. The lowest BCUT2D eigenvalue weighted by Crippen LogP contribution is -2.35. The molecular weight excluding hydrogens is 282 g/mol. The van der Waals surface area contributed by atoms with Crippen molar-refractivity contribution in [1.29, 1.82) is 0 Å². The Kier molecular flexibility index (Phi) is 10.6. The Labute approximate surface area is 141 Å². The third-order valence-electron chi connectivity index (χ3n) is 3.62. The largest absolute Gasteiger partial charge is 0.384 e. The van der Waals surface area contributed by atoms with Gasteiger partial charge in [-0.1, -0.05) is 56.0 Å². The van der Waals surface area contributed by atoms with E-state index in [4.69, 9.17) is 0 Å². The number of allylic oxidation sites excluding steroid dienone is 3. The Hall–Kier alpha value is -1.84. The van der Waals surface area contributed by atoms with Gasteiger partial charge in [-0.25, -0.2) is 0 Å². The molecule has 0 bridgehead atoms. The molecule has 0 fully saturated rings. The molecule has 0 amide bonds. The molecular formula is C20H31N3. The molecule has 0 aromatic heterocycles. The van der Waals surface area contributed by atoms with Crippen molar-refractivity contribution in [2.75, 3.05) is 44.6 Å². The normalized spacial score (nSPS) is 12.0. The summed E-state index contributed by atoms with van der Waals surface area (Å²) in [7, 11) is 0. The monoisotopic (exact) mass is 313 g/mol. The van der Waals surface area contributed by atoms with Crippen molar-refractivity contribution in [3.05, 3.63) is 66.8 Å². The number of para-hydroxylation sites is 1. The molecule has 0 atom stereocenters. The summed E-state index contributed by atoms with van der Waals surface area (Å²) in [6.45, 7) is 14.0. The van der Waals surface area contributed by atoms with Crippen LogP contribution in [0.2, 0.25) is 0 Å². The molecule has 0 saturated carbocycles. The smallest absolute Gasteiger partial charge is 0.0340 e. The highest BCUT2D eigenvalue weighted by Crippen LogP contribution is 2.04. The van der Waals surface area contributed by atoms with E-state index in [0.29, 0.717) is 0 Å². The van der Waals surface area contributed by atoms with E-state index < -0.39 is 0 Å². The Morgan fingerprint density at radius 3 is 2.57 bits per heavy atom. The molecule has 1 aromatic carbocycles. The standard InChI is InChI=1S/C20H31N3/c1-4-10-19(11-5-2)18-21-14-16-23(6-3)17-15-22-20-12-8-7-9-13-20/h4-5,7-13,21-22H,1,6,14-18H2,2-3H3/b11-5-,19-10+. The maximum absolute atomic E-state index is 3.76. The second kappa shape index (κ2) is 12.7. The van der Waals surface area contributed by atoms with E-state index in [1.807, 2.05) is 25.1 Å². The van der Waals surface area contributed by atoms with Gasteiger partial charge in [-0.2, -0.15) is 0 Å². The van der Waals surface area contributed by atoms with Crippen LogP contribution in [0.5, 0.6) is 0 Å². The molecule has 0 saturated heterocycles. The van der Waals surface area contributed by atoms with Crippen molar-refractivity contribution in [1.82, 2.24) is 10.2 Å². The minimum atomic E-state index is 0.885. The van der Waals surface area contributed by atoms with Crippen LogP contribution in [0.3, 0.4) is 0 Å². The summed E-state index contributed by atoms with van der Waals surface area (Å²) in [6, 6.07) is 10.4. The molecule has 0 aliphatic carbocycles. The minimum Gasteiger partial charge on any atom is -0.384 e. The van der Waals surface area contributed by atoms with Crippen molar-refractivity contribution in [2.24, 2.45) is 0 Å². The summed E-state index contributed by atoms with van der Waals surface area (Å²) in [6.07, 6.45) is 8.07. The van der Waals surface area contributed by atoms with Gasteiger partial charge in [0, 0.05) is 38.4 Å². The molecule has 0 radical (unpaired) electrons. The van der Waals surface area contributed by atoms with Crippen LogP contribution in [0.15, 0.2) is 66.8 Å². The lowest BCUT2D eigenvalue weighted by Gasteiger charge is -2.21. The Bertz CT molecular complexity index is 477. The predicted molar refractivity (Wildman–Crippen MR) is 103 cm³/mol. The first-order valence-electron chi connectivity index (χ1n) is 8.46. The molecule has 0 unspecified atom stereocenters. The zero-order valence-corrected chi connectivity index (χ0v) is 14.6. The fourth-order valence-electron chi connectivity index (χ4n) is 2.35. The van der Waals surface area contributed by atoms with Gasteiger partial charge in [-0.05, 0) is 31.2 Å². The van der Waals surface area contributed by atoms with Crippen LogP contribution in [0.4, 0.5) is 5.69 Å². The van der Waals surface area contributed by atoms with Gasteiger partial charge in [-0.3, -0.25) is 0 Å². The first-order chi connectivity index (χ1) is 11.3. The van der Waals surface area contributed by atoms with Crippen LogP contribution in [0, 0.1) is 0 Å². The summed E-state index contributed by atoms with van der Waals surface area (Å²) in [5, 5.41) is 6.96. The Morgan fingerprint density at radius 2 is 1.91 bits per heavy atom. The van der Waals surface area contributed by atoms with Crippen molar-refractivity contribution < 1.29 is 0 Å². The number of benzene rings is 1. The second-order valence-corrected chi connectivity index (χ2v) is 5.38. The SMILES string of the molecule is C=C/C=C(\C=C/C)CNCCN(CC)CCNc1ccccc1. The topological polar surface area (TPSA) is 27.3 Å². The number of likely N-dealkylation sites (N-methyl/N-ethyl adjacent to an activating group) is 1. The fourth-order valence-corrected chi connectivity index (χ4v) is 2.35. The summed E-state index contributed by atoms with van der Waals surface area (Å²) >= 11 is 0. The molecule has 126 valence electrons.